The Kier molecular flexibility index (Phi) is 5.25. The minimum absolute atomic E-state index is 0.130. The number of nitrogens with two attached hydrogens (primary N) is 1. The molecule has 0 bridgehead atoms. The number of carbonyl (C=O) groups is 2. The van der Waals surface area contributed by atoms with Gasteiger partial charge in [0, 0.05) is 12.2 Å². The van der Waals surface area contributed by atoms with Crippen molar-refractivity contribution in [1.29, 1.82) is 0 Å². The maximum absolute atomic E-state index is 12.4. The molecule has 7 heteroatoms. The summed E-state index contributed by atoms with van der Waals surface area (Å²) in [5.74, 6) is -0.392. The summed E-state index contributed by atoms with van der Waals surface area (Å²) < 4.78 is 7.32. The van der Waals surface area contributed by atoms with Gasteiger partial charge in [0.25, 0.3) is 0 Å². The van der Waals surface area contributed by atoms with Gasteiger partial charge in [-0.1, -0.05) is 12.1 Å². The Morgan fingerprint density at radius 2 is 2.12 bits per heavy atom. The zero-order valence-corrected chi connectivity index (χ0v) is 15.1. The number of esters is 1. The van der Waals surface area contributed by atoms with Gasteiger partial charge in [0.2, 0.25) is 0 Å². The predicted octanol–water partition coefficient (Wildman–Crippen LogP) is 2.25. The number of nitrogens with zero attached hydrogens (tertiary/aromatic N) is 3. The minimum Gasteiger partial charge on any atom is -0.460 e. The minimum atomic E-state index is -0.463. The van der Waals surface area contributed by atoms with Gasteiger partial charge in [0.15, 0.2) is 0 Å². The molecule has 1 aromatic carbocycles. The fourth-order valence-electron chi connectivity index (χ4n) is 3.36. The molecule has 1 aliphatic heterocycles. The first-order valence-electron chi connectivity index (χ1n) is 8.77. The number of likely N-dealkylation sites (tertiary alicyclic amines) is 1. The number of carbonyl (C=O) groups excluding carboxylic acids is 2. The molecule has 1 aliphatic rings. The van der Waals surface area contributed by atoms with E-state index >= 15 is 0 Å². The van der Waals surface area contributed by atoms with Gasteiger partial charge in [-0.2, -0.15) is 5.10 Å². The molecule has 2 amide bonds. The van der Waals surface area contributed by atoms with E-state index in [0.717, 1.165) is 29.8 Å². The summed E-state index contributed by atoms with van der Waals surface area (Å²) in [4.78, 5) is 25.3. The van der Waals surface area contributed by atoms with Crippen molar-refractivity contribution in [3.63, 3.8) is 0 Å². The first-order chi connectivity index (χ1) is 12.4. The Balaban J connectivity index is 1.63. The topological polar surface area (TPSA) is 90.5 Å². The SMILES string of the molecule is Cc1cc(C)n(Cc2cccc(C(=O)OCC3CCCN3C(N)=O)c2)n1. The van der Waals surface area contributed by atoms with Crippen molar-refractivity contribution in [2.75, 3.05) is 13.2 Å². The van der Waals surface area contributed by atoms with Gasteiger partial charge in [-0.25, -0.2) is 9.59 Å². The number of aromatic nitrogens is 2. The largest absolute Gasteiger partial charge is 0.460 e. The third kappa shape index (κ3) is 4.04. The van der Waals surface area contributed by atoms with Crippen LogP contribution in [-0.4, -0.2) is 45.9 Å². The van der Waals surface area contributed by atoms with Crippen LogP contribution in [0.2, 0.25) is 0 Å². The van der Waals surface area contributed by atoms with Crippen molar-refractivity contribution >= 4 is 12.0 Å². The van der Waals surface area contributed by atoms with E-state index in [1.165, 1.54) is 0 Å². The fraction of sp³-hybridized carbons (Fsp3) is 0.421. The summed E-state index contributed by atoms with van der Waals surface area (Å²) in [5.41, 5.74) is 8.86. The third-order valence-electron chi connectivity index (χ3n) is 4.67. The highest BCUT2D eigenvalue weighted by Crippen LogP contribution is 2.18. The van der Waals surface area contributed by atoms with Crippen LogP contribution in [0.3, 0.4) is 0 Å². The van der Waals surface area contributed by atoms with Crippen molar-refractivity contribution in [2.45, 2.75) is 39.3 Å². The van der Waals surface area contributed by atoms with Crippen LogP contribution < -0.4 is 5.73 Å². The average Bonchev–Trinajstić information content (AvgIpc) is 3.19. The van der Waals surface area contributed by atoms with Gasteiger partial charge < -0.3 is 15.4 Å². The normalized spacial score (nSPS) is 16.7. The second-order valence-corrected chi connectivity index (χ2v) is 6.71. The summed E-state index contributed by atoms with van der Waals surface area (Å²) in [6, 6.07) is 8.77. The number of amides is 2. The van der Waals surface area contributed by atoms with Crippen LogP contribution in [-0.2, 0) is 11.3 Å². The smallest absolute Gasteiger partial charge is 0.338 e. The molecule has 0 radical (unpaired) electrons. The van der Waals surface area contributed by atoms with E-state index in [4.69, 9.17) is 10.5 Å². The molecule has 26 heavy (non-hydrogen) atoms. The predicted molar refractivity (Wildman–Crippen MR) is 96.8 cm³/mol. The van der Waals surface area contributed by atoms with Crippen LogP contribution in [0, 0.1) is 13.8 Å². The zero-order chi connectivity index (χ0) is 18.7. The molecular weight excluding hydrogens is 332 g/mol. The molecule has 1 aromatic heterocycles. The first kappa shape index (κ1) is 18.0. The molecule has 7 nitrogen and oxygen atoms in total. The van der Waals surface area contributed by atoms with E-state index in [-0.39, 0.29) is 12.6 Å². The highest BCUT2D eigenvalue weighted by molar-refractivity contribution is 5.89. The quantitative estimate of drug-likeness (QED) is 0.832. The Morgan fingerprint density at radius 1 is 1.31 bits per heavy atom. The van der Waals surface area contributed by atoms with Crippen LogP contribution in [0.4, 0.5) is 4.79 Å². The fourth-order valence-corrected chi connectivity index (χ4v) is 3.36. The summed E-state index contributed by atoms with van der Waals surface area (Å²) in [7, 11) is 0. The van der Waals surface area contributed by atoms with E-state index in [9.17, 15) is 9.59 Å². The van der Waals surface area contributed by atoms with E-state index < -0.39 is 12.0 Å². The number of hydrogen-bond donors (Lipinski definition) is 1. The number of urea groups is 1. The molecular formula is C19H24N4O3. The van der Waals surface area contributed by atoms with Gasteiger partial charge in [-0.3, -0.25) is 4.68 Å². The molecule has 1 saturated heterocycles. The van der Waals surface area contributed by atoms with E-state index in [1.807, 2.05) is 42.8 Å². The summed E-state index contributed by atoms with van der Waals surface area (Å²) >= 11 is 0. The van der Waals surface area contributed by atoms with Gasteiger partial charge in [-0.05, 0) is 50.5 Å². The maximum atomic E-state index is 12.4. The third-order valence-corrected chi connectivity index (χ3v) is 4.67. The lowest BCUT2D eigenvalue weighted by molar-refractivity contribution is 0.0422. The monoisotopic (exact) mass is 356 g/mol. The highest BCUT2D eigenvalue weighted by atomic mass is 16.5. The van der Waals surface area contributed by atoms with Gasteiger partial charge in [0.05, 0.1) is 23.8 Å². The van der Waals surface area contributed by atoms with Crippen LogP contribution in [0.25, 0.3) is 0 Å². The van der Waals surface area contributed by atoms with Crippen LogP contribution in [0.1, 0.15) is 40.2 Å². The number of rotatable bonds is 5. The molecule has 0 spiro atoms. The lowest BCUT2D eigenvalue weighted by atomic mass is 10.1. The maximum Gasteiger partial charge on any atom is 0.338 e. The van der Waals surface area contributed by atoms with Gasteiger partial charge in [0.1, 0.15) is 6.61 Å². The van der Waals surface area contributed by atoms with Crippen LogP contribution in [0.5, 0.6) is 0 Å². The second kappa shape index (κ2) is 7.59. The number of ether oxygens (including phenoxy) is 1. The molecule has 1 unspecified atom stereocenters. The average molecular weight is 356 g/mol. The lowest BCUT2D eigenvalue weighted by Crippen LogP contribution is -2.41. The number of hydrogen-bond acceptors (Lipinski definition) is 4. The molecule has 0 saturated carbocycles. The standard InChI is InChI=1S/C19H24N4O3/c1-13-9-14(2)23(21-13)11-15-5-3-6-16(10-15)18(24)26-12-17-7-4-8-22(17)19(20)25/h3,5-6,9-10,17H,4,7-8,11-12H2,1-2H3,(H2,20,25). The molecule has 2 heterocycles. The second-order valence-electron chi connectivity index (χ2n) is 6.71. The molecule has 1 atom stereocenters. The van der Waals surface area contributed by atoms with Gasteiger partial charge >= 0.3 is 12.0 Å². The van der Waals surface area contributed by atoms with Crippen molar-refractivity contribution < 1.29 is 14.3 Å². The van der Waals surface area contributed by atoms with E-state index in [1.54, 1.807) is 11.0 Å². The molecule has 2 aromatic rings. The lowest BCUT2D eigenvalue weighted by Gasteiger charge is -2.22. The number of primary amides is 1. The van der Waals surface area contributed by atoms with Crippen molar-refractivity contribution in [3.8, 4) is 0 Å². The van der Waals surface area contributed by atoms with E-state index in [2.05, 4.69) is 5.10 Å². The highest BCUT2D eigenvalue weighted by Gasteiger charge is 2.28. The Labute approximate surface area is 152 Å². The Morgan fingerprint density at radius 3 is 2.81 bits per heavy atom. The number of benzene rings is 1. The molecule has 1 fully saturated rings. The summed E-state index contributed by atoms with van der Waals surface area (Å²) in [6.07, 6.45) is 1.68. The Bertz CT molecular complexity index is 815. The summed E-state index contributed by atoms with van der Waals surface area (Å²) in [6.45, 7) is 5.35. The van der Waals surface area contributed by atoms with Crippen LogP contribution >= 0.6 is 0 Å². The molecule has 0 aliphatic carbocycles. The van der Waals surface area contributed by atoms with Crippen LogP contribution in [0.15, 0.2) is 30.3 Å². The van der Waals surface area contributed by atoms with Crippen molar-refractivity contribution in [3.05, 3.63) is 52.8 Å². The number of aryl methyl sites for hydroxylation is 2. The Hall–Kier alpha value is -2.83. The van der Waals surface area contributed by atoms with E-state index in [0.29, 0.717) is 18.7 Å². The molecule has 138 valence electrons. The summed E-state index contributed by atoms with van der Waals surface area (Å²) in [5, 5.41) is 4.44. The van der Waals surface area contributed by atoms with Crippen molar-refractivity contribution in [1.82, 2.24) is 14.7 Å². The zero-order valence-electron chi connectivity index (χ0n) is 15.1. The van der Waals surface area contributed by atoms with Crippen molar-refractivity contribution in [2.24, 2.45) is 5.73 Å². The molecule has 3 rings (SSSR count). The first-order valence-corrected chi connectivity index (χ1v) is 8.77. The van der Waals surface area contributed by atoms with Gasteiger partial charge in [-0.15, -0.1) is 0 Å². The molecule has 2 N–H and O–H groups in total.